The molecule has 4 aromatic rings. The van der Waals surface area contributed by atoms with E-state index in [1.54, 1.807) is 0 Å². The van der Waals surface area contributed by atoms with Crippen molar-refractivity contribution >= 4 is 28.1 Å². The first-order chi connectivity index (χ1) is 17.6. The van der Waals surface area contributed by atoms with Gasteiger partial charge >= 0.3 is 5.97 Å². The maximum absolute atomic E-state index is 12.3. The molecule has 1 aliphatic rings. The Morgan fingerprint density at radius 3 is 2.58 bits per heavy atom. The molecule has 1 heterocycles. The van der Waals surface area contributed by atoms with Gasteiger partial charge in [0.15, 0.2) is 0 Å². The number of hydrogen-bond donors (Lipinski definition) is 1. The molecule has 1 N–H and O–H groups in total. The first-order valence-electron chi connectivity index (χ1n) is 12.5. The Morgan fingerprint density at radius 2 is 1.72 bits per heavy atom. The molecule has 0 amide bonds. The summed E-state index contributed by atoms with van der Waals surface area (Å²) in [5.74, 6) is 0.540. The molecule has 2 atom stereocenters. The smallest absolute Gasteiger partial charge is 0.338 e. The number of esters is 1. The lowest BCUT2D eigenvalue weighted by Crippen LogP contribution is -2.39. The van der Waals surface area contributed by atoms with E-state index in [0.717, 1.165) is 35.7 Å². The van der Waals surface area contributed by atoms with E-state index in [9.17, 15) is 4.79 Å². The van der Waals surface area contributed by atoms with E-state index in [0.29, 0.717) is 12.1 Å². The predicted molar refractivity (Wildman–Crippen MR) is 145 cm³/mol. The van der Waals surface area contributed by atoms with E-state index < -0.39 is 0 Å². The first kappa shape index (κ1) is 23.9. The Balaban J connectivity index is 1.33. The third-order valence-electron chi connectivity index (χ3n) is 7.04. The van der Waals surface area contributed by atoms with Gasteiger partial charge in [0.2, 0.25) is 0 Å². The molecule has 184 valence electrons. The van der Waals surface area contributed by atoms with Crippen molar-refractivity contribution in [3.05, 3.63) is 102 Å². The summed E-state index contributed by atoms with van der Waals surface area (Å²) < 4.78 is 11.4. The molecule has 0 aliphatic carbocycles. The fourth-order valence-corrected chi connectivity index (χ4v) is 5.12. The highest BCUT2D eigenvalue weighted by atomic mass is 16.5. The SMILES string of the molecule is COC(=O)c1cccc(N2CC(CCN[C@H](C)c3cccc4ccccc34)Oc3ccccc32)c1C. The van der Waals surface area contributed by atoms with E-state index in [-0.39, 0.29) is 18.1 Å². The zero-order valence-corrected chi connectivity index (χ0v) is 21.0. The molecule has 5 nitrogen and oxygen atoms in total. The average molecular weight is 481 g/mol. The van der Waals surface area contributed by atoms with Gasteiger partial charge in [-0.25, -0.2) is 4.79 Å². The average Bonchev–Trinajstić information content (AvgIpc) is 2.92. The maximum Gasteiger partial charge on any atom is 0.338 e. The van der Waals surface area contributed by atoms with Crippen molar-refractivity contribution in [1.29, 1.82) is 0 Å². The highest BCUT2D eigenvalue weighted by molar-refractivity contribution is 5.93. The van der Waals surface area contributed by atoms with Crippen LogP contribution in [-0.4, -0.2) is 32.3 Å². The molecule has 5 heteroatoms. The van der Waals surface area contributed by atoms with Crippen LogP contribution in [0.4, 0.5) is 11.4 Å². The van der Waals surface area contributed by atoms with Crippen LogP contribution in [0.3, 0.4) is 0 Å². The second-order valence-electron chi connectivity index (χ2n) is 9.29. The van der Waals surface area contributed by atoms with Gasteiger partial charge < -0.3 is 19.7 Å². The van der Waals surface area contributed by atoms with Crippen LogP contribution in [-0.2, 0) is 4.74 Å². The highest BCUT2D eigenvalue weighted by Crippen LogP contribution is 2.40. The van der Waals surface area contributed by atoms with Crippen LogP contribution in [0.5, 0.6) is 5.75 Å². The number of nitrogens with zero attached hydrogens (tertiary/aromatic N) is 1. The van der Waals surface area contributed by atoms with Crippen LogP contribution in [0.2, 0.25) is 0 Å². The number of hydrogen-bond acceptors (Lipinski definition) is 5. The van der Waals surface area contributed by atoms with Gasteiger partial charge in [-0.3, -0.25) is 0 Å². The fraction of sp³-hybridized carbons (Fsp3) is 0.258. The molecule has 0 fully saturated rings. The third kappa shape index (κ3) is 4.67. The second-order valence-corrected chi connectivity index (χ2v) is 9.29. The molecule has 0 saturated heterocycles. The van der Waals surface area contributed by atoms with Gasteiger partial charge in [-0.1, -0.05) is 60.7 Å². The van der Waals surface area contributed by atoms with Crippen molar-refractivity contribution in [2.45, 2.75) is 32.4 Å². The lowest BCUT2D eigenvalue weighted by molar-refractivity contribution is 0.0600. The molecule has 4 aromatic carbocycles. The summed E-state index contributed by atoms with van der Waals surface area (Å²) in [6, 6.07) is 29.1. The van der Waals surface area contributed by atoms with Gasteiger partial charge in [0.1, 0.15) is 11.9 Å². The van der Waals surface area contributed by atoms with Gasteiger partial charge in [0, 0.05) is 11.7 Å². The van der Waals surface area contributed by atoms with Gasteiger partial charge in [0.25, 0.3) is 0 Å². The monoisotopic (exact) mass is 480 g/mol. The lowest BCUT2D eigenvalue weighted by atomic mass is 9.99. The summed E-state index contributed by atoms with van der Waals surface area (Å²) in [6.07, 6.45) is 0.865. The van der Waals surface area contributed by atoms with Gasteiger partial charge in [-0.05, 0) is 73.0 Å². The number of rotatable bonds is 7. The fourth-order valence-electron chi connectivity index (χ4n) is 5.12. The molecule has 5 rings (SSSR count). The van der Waals surface area contributed by atoms with Gasteiger partial charge in [-0.2, -0.15) is 0 Å². The summed E-state index contributed by atoms with van der Waals surface area (Å²) >= 11 is 0. The summed E-state index contributed by atoms with van der Waals surface area (Å²) in [4.78, 5) is 14.6. The first-order valence-corrected chi connectivity index (χ1v) is 12.5. The van der Waals surface area contributed by atoms with E-state index in [4.69, 9.17) is 9.47 Å². The molecule has 0 radical (unpaired) electrons. The highest BCUT2D eigenvalue weighted by Gasteiger charge is 2.28. The van der Waals surface area contributed by atoms with Crippen LogP contribution in [0.25, 0.3) is 10.8 Å². The van der Waals surface area contributed by atoms with Crippen molar-refractivity contribution in [3.63, 3.8) is 0 Å². The van der Waals surface area contributed by atoms with E-state index in [1.165, 1.54) is 23.4 Å². The molecule has 0 spiro atoms. The minimum absolute atomic E-state index is 0.00769. The van der Waals surface area contributed by atoms with Crippen molar-refractivity contribution in [2.24, 2.45) is 0 Å². The maximum atomic E-state index is 12.3. The van der Waals surface area contributed by atoms with Crippen LogP contribution >= 0.6 is 0 Å². The Bertz CT molecular complexity index is 1380. The topological polar surface area (TPSA) is 50.8 Å². The summed E-state index contributed by atoms with van der Waals surface area (Å²) in [7, 11) is 1.42. The molecule has 1 unspecified atom stereocenters. The molecular formula is C31H32N2O3. The van der Waals surface area contributed by atoms with E-state index in [2.05, 4.69) is 71.7 Å². The van der Waals surface area contributed by atoms with Crippen molar-refractivity contribution in [1.82, 2.24) is 5.32 Å². The number of fused-ring (bicyclic) bond motifs is 2. The zero-order chi connectivity index (χ0) is 25.1. The molecule has 0 saturated carbocycles. The second kappa shape index (κ2) is 10.4. The largest absolute Gasteiger partial charge is 0.486 e. The quantitative estimate of drug-likeness (QED) is 0.303. The normalized spacial score (nSPS) is 15.8. The number of benzene rings is 4. The Labute approximate surface area is 212 Å². The van der Waals surface area contributed by atoms with E-state index >= 15 is 0 Å². The number of carbonyl (C=O) groups excluding carboxylic acids is 1. The predicted octanol–water partition coefficient (Wildman–Crippen LogP) is 6.57. The van der Waals surface area contributed by atoms with Crippen LogP contribution < -0.4 is 15.0 Å². The van der Waals surface area contributed by atoms with Gasteiger partial charge in [0.05, 0.1) is 24.9 Å². The molecule has 1 aliphatic heterocycles. The number of ether oxygens (including phenoxy) is 2. The Hall–Kier alpha value is -3.83. The number of para-hydroxylation sites is 2. The van der Waals surface area contributed by atoms with Crippen LogP contribution in [0, 0.1) is 6.92 Å². The number of anilines is 2. The molecular weight excluding hydrogens is 448 g/mol. The Kier molecular flexibility index (Phi) is 6.92. The molecule has 0 aromatic heterocycles. The number of nitrogens with one attached hydrogen (secondary N) is 1. The van der Waals surface area contributed by atoms with Crippen LogP contribution in [0.1, 0.15) is 40.9 Å². The number of methoxy groups -OCH3 is 1. The lowest BCUT2D eigenvalue weighted by Gasteiger charge is -2.37. The molecule has 36 heavy (non-hydrogen) atoms. The van der Waals surface area contributed by atoms with Crippen LogP contribution in [0.15, 0.2) is 84.9 Å². The minimum atomic E-state index is -0.320. The van der Waals surface area contributed by atoms with E-state index in [1.807, 2.05) is 37.3 Å². The summed E-state index contributed by atoms with van der Waals surface area (Å²) in [6.45, 7) is 5.72. The number of carbonyl (C=O) groups is 1. The zero-order valence-electron chi connectivity index (χ0n) is 21.0. The third-order valence-corrected chi connectivity index (χ3v) is 7.04. The summed E-state index contributed by atoms with van der Waals surface area (Å²) in [5, 5.41) is 6.25. The summed E-state index contributed by atoms with van der Waals surface area (Å²) in [5.41, 5.74) is 4.80. The van der Waals surface area contributed by atoms with Gasteiger partial charge in [-0.15, -0.1) is 0 Å². The van der Waals surface area contributed by atoms with Crippen molar-refractivity contribution in [2.75, 3.05) is 25.1 Å². The van der Waals surface area contributed by atoms with Crippen molar-refractivity contribution in [3.8, 4) is 5.75 Å². The standard InChI is InChI=1S/C31H32N2O3/c1-21-25(31(34)35-3)13-9-16-28(21)33-20-24(36-30-17-7-6-15-29(30)33)18-19-32-22(2)26-14-8-11-23-10-4-5-12-27(23)26/h4-17,22,24,32H,18-20H2,1-3H3/t22-,24?/m1/s1. The van der Waals surface area contributed by atoms with Crippen molar-refractivity contribution < 1.29 is 14.3 Å². The minimum Gasteiger partial charge on any atom is -0.486 e. The molecule has 0 bridgehead atoms. The Morgan fingerprint density at radius 1 is 1.00 bits per heavy atom.